The maximum Gasteiger partial charge on any atom is 0.323 e. The van der Waals surface area contributed by atoms with Gasteiger partial charge in [-0.25, -0.2) is 4.58 Å². The number of amides is 3. The number of anilines is 3. The Morgan fingerprint density at radius 3 is 2.52 bits per heavy atom. The van der Waals surface area contributed by atoms with E-state index in [0.29, 0.717) is 48.9 Å². The molecule has 5 aliphatic rings. The molecule has 7 heterocycles. The number of likely N-dealkylation sites (N-methyl/N-ethyl adjacent to an activating group) is 1. The third-order valence-corrected chi connectivity index (χ3v) is 13.2. The number of piperidine rings is 2. The van der Waals surface area contributed by atoms with Gasteiger partial charge >= 0.3 is 5.82 Å². The van der Waals surface area contributed by atoms with Gasteiger partial charge in [0.2, 0.25) is 17.7 Å². The number of para-hydroxylation sites is 1. The summed E-state index contributed by atoms with van der Waals surface area (Å²) in [5.74, 6) is 1.68. The molecule has 312 valence electrons. The second kappa shape index (κ2) is 17.0. The number of aromatic hydroxyl groups is 1. The molecule has 60 heavy (non-hydrogen) atoms. The Labute approximate surface area is 350 Å². The number of aromatic nitrogens is 3. The van der Waals surface area contributed by atoms with Crippen molar-refractivity contribution in [2.24, 2.45) is 0 Å². The largest absolute Gasteiger partial charge is 0.507 e. The lowest BCUT2D eigenvalue weighted by Gasteiger charge is -2.37. The molecule has 3 amide bonds. The van der Waals surface area contributed by atoms with Crippen molar-refractivity contribution in [3.05, 3.63) is 84.1 Å². The number of phenolic OH excluding ortho intramolecular Hbond substituents is 1. The molecule has 4 aromatic rings. The number of phenols is 1. The summed E-state index contributed by atoms with van der Waals surface area (Å²) in [5.41, 5.74) is 13.2. The molecule has 15 heteroatoms. The number of nitrogens with two attached hydrogens (primary N) is 1. The van der Waals surface area contributed by atoms with Crippen molar-refractivity contribution >= 4 is 46.4 Å². The lowest BCUT2D eigenvalue weighted by molar-refractivity contribution is -0.480. The van der Waals surface area contributed by atoms with Gasteiger partial charge in [0.25, 0.3) is 0 Å². The molecular formula is C45H54N11O4+. The molecule has 4 N–H and O–H groups in total. The van der Waals surface area contributed by atoms with Crippen molar-refractivity contribution in [3.63, 3.8) is 0 Å². The highest BCUT2D eigenvalue weighted by Gasteiger charge is 2.40. The fourth-order valence-electron chi connectivity index (χ4n) is 9.76. The molecule has 5 aliphatic heterocycles. The van der Waals surface area contributed by atoms with Gasteiger partial charge in [0.1, 0.15) is 29.7 Å². The first-order valence-corrected chi connectivity index (χ1v) is 21.3. The second-order valence-electron chi connectivity index (χ2n) is 16.9. The number of hydrogen-bond acceptors (Lipinski definition) is 12. The van der Waals surface area contributed by atoms with E-state index < -0.39 is 0 Å². The minimum absolute atomic E-state index is 0.158. The SMILES string of the molecule is CN(c1cccc(C2CCN(CC(=O)N3CCN(Cc4ccnc([N+]5=C6CC[C@@H]5CN(c5cc(-c7ccccc7O)nnc5N)C6)c4)CC3)CC2)c1)C1CCC(=O)NC1=O. The number of imide groups is 1. The van der Waals surface area contributed by atoms with Gasteiger partial charge in [-0.05, 0) is 97.2 Å². The number of benzene rings is 2. The molecule has 3 saturated heterocycles. The summed E-state index contributed by atoms with van der Waals surface area (Å²) in [7, 11) is 1.92. The normalized spacial score (nSPS) is 21.7. The number of fused-ring (bicyclic) bond motifs is 1. The second-order valence-corrected chi connectivity index (χ2v) is 16.9. The van der Waals surface area contributed by atoms with Crippen LogP contribution >= 0.6 is 0 Å². The zero-order chi connectivity index (χ0) is 41.3. The van der Waals surface area contributed by atoms with Crippen LogP contribution in [0.3, 0.4) is 0 Å². The molecule has 0 spiro atoms. The van der Waals surface area contributed by atoms with Crippen LogP contribution in [0.15, 0.2) is 72.9 Å². The number of pyridine rings is 1. The molecule has 2 bridgehead atoms. The van der Waals surface area contributed by atoms with E-state index in [9.17, 15) is 19.5 Å². The van der Waals surface area contributed by atoms with Crippen LogP contribution in [-0.2, 0) is 20.9 Å². The van der Waals surface area contributed by atoms with Gasteiger partial charge in [-0.3, -0.25) is 29.5 Å². The Balaban J connectivity index is 0.755. The Bertz CT molecular complexity index is 2300. The van der Waals surface area contributed by atoms with Gasteiger partial charge in [-0.1, -0.05) is 24.3 Å². The van der Waals surface area contributed by atoms with E-state index in [1.165, 1.54) is 16.8 Å². The standard InChI is InChI=1S/C45H53N11O4/c1-51(38-11-12-42(58)48-45(38)60)33-6-4-5-32(24-33)31-14-17-52(18-15-31)29-43(59)54-21-19-53(20-22-54)26-30-13-16-47-41(23-30)56-34-9-10-35(56)28-55(27-34)39-25-37(49-50-44(39)46)36-7-2-3-8-40(36)57/h2-8,13,16,23-25,31,34,38H,9-12,14-15,17-22,26-29H2,1H3,(H3-,46,48,49,50,57,58,60)/p+1/t34-,38?/m1/s1. The molecule has 2 aromatic heterocycles. The van der Waals surface area contributed by atoms with E-state index in [-0.39, 0.29) is 35.6 Å². The highest BCUT2D eigenvalue weighted by atomic mass is 16.3. The minimum atomic E-state index is -0.351. The van der Waals surface area contributed by atoms with Crippen LogP contribution in [0.1, 0.15) is 55.6 Å². The summed E-state index contributed by atoms with van der Waals surface area (Å²) < 4.78 is 2.41. The number of carbonyl (C=O) groups excluding carboxylic acids is 3. The smallest absolute Gasteiger partial charge is 0.323 e. The molecule has 9 rings (SSSR count). The van der Waals surface area contributed by atoms with Crippen molar-refractivity contribution in [2.45, 2.75) is 63.1 Å². The highest BCUT2D eigenvalue weighted by molar-refractivity contribution is 6.01. The third kappa shape index (κ3) is 8.28. The van der Waals surface area contributed by atoms with Gasteiger partial charge < -0.3 is 25.5 Å². The Hall–Kier alpha value is -5.93. The van der Waals surface area contributed by atoms with Crippen LogP contribution in [0.4, 0.5) is 23.0 Å². The summed E-state index contributed by atoms with van der Waals surface area (Å²) in [5, 5.41) is 21.4. The first kappa shape index (κ1) is 39.5. The summed E-state index contributed by atoms with van der Waals surface area (Å²) in [6.07, 6.45) is 6.79. The van der Waals surface area contributed by atoms with Crippen molar-refractivity contribution < 1.29 is 24.1 Å². The number of nitrogens with one attached hydrogen (secondary N) is 1. The Morgan fingerprint density at radius 2 is 1.73 bits per heavy atom. The fourth-order valence-corrected chi connectivity index (χ4v) is 9.76. The quantitative estimate of drug-likeness (QED) is 0.158. The fraction of sp³-hybridized carbons (Fsp3) is 0.444. The summed E-state index contributed by atoms with van der Waals surface area (Å²) in [6, 6.07) is 21.7. The molecule has 15 nitrogen and oxygen atoms in total. The molecule has 0 saturated carbocycles. The van der Waals surface area contributed by atoms with Crippen LogP contribution in [-0.4, -0.2) is 141 Å². The van der Waals surface area contributed by atoms with Crippen molar-refractivity contribution in [1.82, 2.24) is 35.2 Å². The minimum Gasteiger partial charge on any atom is -0.507 e. The molecule has 2 aromatic carbocycles. The summed E-state index contributed by atoms with van der Waals surface area (Å²) in [6.45, 7) is 7.61. The molecule has 3 fully saturated rings. The van der Waals surface area contributed by atoms with E-state index >= 15 is 0 Å². The average Bonchev–Trinajstić information content (AvgIpc) is 3.53. The Kier molecular flexibility index (Phi) is 11.2. The summed E-state index contributed by atoms with van der Waals surface area (Å²) >= 11 is 0. The monoisotopic (exact) mass is 812 g/mol. The van der Waals surface area contributed by atoms with Gasteiger partial charge in [0.05, 0.1) is 31.0 Å². The van der Waals surface area contributed by atoms with Crippen LogP contribution < -0.4 is 20.9 Å². The molecule has 0 radical (unpaired) electrons. The first-order chi connectivity index (χ1) is 29.2. The lowest BCUT2D eigenvalue weighted by Crippen LogP contribution is -2.51. The lowest BCUT2D eigenvalue weighted by atomic mass is 9.89. The Morgan fingerprint density at radius 1 is 0.917 bits per heavy atom. The number of hydrogen-bond donors (Lipinski definition) is 3. The number of nitrogens with zero attached hydrogens (tertiary/aromatic N) is 9. The maximum atomic E-state index is 13.5. The number of likely N-dealkylation sites (tertiary alicyclic amines) is 1. The highest BCUT2D eigenvalue weighted by Crippen LogP contribution is 2.36. The predicted molar refractivity (Wildman–Crippen MR) is 229 cm³/mol. The van der Waals surface area contributed by atoms with Gasteiger partial charge in [-0.15, -0.1) is 10.2 Å². The topological polar surface area (TPSA) is 167 Å². The zero-order valence-corrected chi connectivity index (χ0v) is 34.2. The van der Waals surface area contributed by atoms with E-state index in [2.05, 4.69) is 65.1 Å². The average molecular weight is 813 g/mol. The molecule has 1 unspecified atom stereocenters. The summed E-state index contributed by atoms with van der Waals surface area (Å²) in [4.78, 5) is 53.4. The van der Waals surface area contributed by atoms with Crippen molar-refractivity contribution in [2.75, 3.05) is 81.5 Å². The van der Waals surface area contributed by atoms with Crippen LogP contribution in [0, 0.1) is 0 Å². The predicted octanol–water partition coefficient (Wildman–Crippen LogP) is 3.36. The number of carbonyl (C=O) groups is 3. The van der Waals surface area contributed by atoms with Gasteiger partial charge in [0, 0.05) is 69.9 Å². The van der Waals surface area contributed by atoms with Gasteiger partial charge in [-0.2, -0.15) is 0 Å². The molecule has 0 aliphatic carbocycles. The van der Waals surface area contributed by atoms with E-state index in [0.717, 1.165) is 95.2 Å². The molecular weight excluding hydrogens is 759 g/mol. The third-order valence-electron chi connectivity index (χ3n) is 13.2. The van der Waals surface area contributed by atoms with Crippen LogP contribution in [0.5, 0.6) is 5.75 Å². The maximum absolute atomic E-state index is 13.5. The van der Waals surface area contributed by atoms with E-state index in [4.69, 9.17) is 10.7 Å². The van der Waals surface area contributed by atoms with Gasteiger partial charge in [0.15, 0.2) is 5.82 Å². The van der Waals surface area contributed by atoms with E-state index in [1.807, 2.05) is 47.3 Å². The molecule has 2 atom stereocenters. The van der Waals surface area contributed by atoms with Crippen molar-refractivity contribution in [3.8, 4) is 17.0 Å². The number of piperazine rings is 1. The first-order valence-electron chi connectivity index (χ1n) is 21.3. The van der Waals surface area contributed by atoms with Crippen molar-refractivity contribution in [1.29, 1.82) is 0 Å². The van der Waals surface area contributed by atoms with Crippen LogP contribution in [0.2, 0.25) is 0 Å². The van der Waals surface area contributed by atoms with Crippen LogP contribution in [0.25, 0.3) is 11.3 Å². The van der Waals surface area contributed by atoms with E-state index in [1.54, 1.807) is 12.1 Å². The number of rotatable bonds is 10. The number of nitrogen functional groups attached to an aromatic ring is 1. The zero-order valence-electron chi connectivity index (χ0n) is 34.2.